The minimum Gasteiger partial charge on any atom is -0.446 e. The summed E-state index contributed by atoms with van der Waals surface area (Å²) in [6, 6.07) is 8.16. The molecule has 4 rings (SSSR count). The van der Waals surface area contributed by atoms with Gasteiger partial charge in [0.05, 0.1) is 6.54 Å². The van der Waals surface area contributed by atoms with E-state index < -0.39 is 27.5 Å². The number of benzene rings is 1. The Morgan fingerprint density at radius 2 is 1.86 bits per heavy atom. The maximum absolute atomic E-state index is 13.1. The fourth-order valence-electron chi connectivity index (χ4n) is 3.84. The standard InChI is InChI=1S/C20H23N3O5S/c1-20(15-8-7-13-5-4-6-14(13)11-15)18(24)23(19(25)21-20)12-16-9-10-17(28-16)29(26,27)22(2)3/h7-11H,4-6,12H2,1-3H3,(H,21,25). The van der Waals surface area contributed by atoms with Gasteiger partial charge in [0, 0.05) is 14.1 Å². The number of carbonyl (C=O) groups excluding carboxylic acids is 2. The lowest BCUT2D eigenvalue weighted by molar-refractivity contribution is -0.131. The van der Waals surface area contributed by atoms with Crippen molar-refractivity contribution in [2.24, 2.45) is 0 Å². The molecule has 1 aromatic carbocycles. The van der Waals surface area contributed by atoms with Gasteiger partial charge in [0.1, 0.15) is 11.3 Å². The molecule has 1 unspecified atom stereocenters. The molecule has 9 heteroatoms. The first kappa shape index (κ1) is 19.7. The molecule has 1 aromatic heterocycles. The zero-order valence-corrected chi connectivity index (χ0v) is 17.4. The number of hydrogen-bond acceptors (Lipinski definition) is 5. The van der Waals surface area contributed by atoms with E-state index in [4.69, 9.17) is 4.42 Å². The van der Waals surface area contributed by atoms with Crippen molar-refractivity contribution >= 4 is 22.0 Å². The van der Waals surface area contributed by atoms with Crippen LogP contribution >= 0.6 is 0 Å². The summed E-state index contributed by atoms with van der Waals surface area (Å²) in [5.74, 6) is -0.180. The molecule has 154 valence electrons. The Morgan fingerprint density at radius 1 is 1.14 bits per heavy atom. The molecule has 1 aliphatic carbocycles. The lowest BCUT2D eigenvalue weighted by atomic mass is 9.89. The summed E-state index contributed by atoms with van der Waals surface area (Å²) in [5, 5.41) is 2.55. The summed E-state index contributed by atoms with van der Waals surface area (Å²) in [4.78, 5) is 26.7. The number of urea groups is 1. The molecule has 0 saturated carbocycles. The quantitative estimate of drug-likeness (QED) is 0.750. The van der Waals surface area contributed by atoms with Gasteiger partial charge in [-0.25, -0.2) is 17.5 Å². The van der Waals surface area contributed by atoms with Crippen LogP contribution in [0.1, 0.15) is 35.8 Å². The molecule has 2 heterocycles. The molecular formula is C20H23N3O5S. The Bertz CT molecular complexity index is 1110. The van der Waals surface area contributed by atoms with E-state index in [0.29, 0.717) is 0 Å². The van der Waals surface area contributed by atoms with E-state index in [2.05, 4.69) is 5.32 Å². The zero-order chi connectivity index (χ0) is 21.0. The number of nitrogens with zero attached hydrogens (tertiary/aromatic N) is 2. The van der Waals surface area contributed by atoms with Crippen LogP contribution in [0.2, 0.25) is 0 Å². The fourth-order valence-corrected chi connectivity index (χ4v) is 4.65. The first-order chi connectivity index (χ1) is 13.6. The molecule has 3 amide bonds. The number of fused-ring (bicyclic) bond motifs is 1. The molecule has 29 heavy (non-hydrogen) atoms. The van der Waals surface area contributed by atoms with Gasteiger partial charge in [-0.05, 0) is 55.0 Å². The summed E-state index contributed by atoms with van der Waals surface area (Å²) in [7, 11) is -0.926. The lowest BCUT2D eigenvalue weighted by Crippen LogP contribution is -2.40. The highest BCUT2D eigenvalue weighted by atomic mass is 32.2. The molecule has 1 N–H and O–H groups in total. The second-order valence-corrected chi connectivity index (χ2v) is 9.87. The predicted octanol–water partition coefficient (Wildman–Crippen LogP) is 1.99. The fraction of sp³-hybridized carbons (Fsp3) is 0.400. The topological polar surface area (TPSA) is 99.9 Å². The number of aryl methyl sites for hydroxylation is 2. The van der Waals surface area contributed by atoms with Crippen LogP contribution in [0.5, 0.6) is 0 Å². The molecule has 1 aliphatic heterocycles. The maximum Gasteiger partial charge on any atom is 0.325 e. The first-order valence-corrected chi connectivity index (χ1v) is 10.8. The molecule has 1 atom stereocenters. The Kier molecular flexibility index (Phi) is 4.54. The van der Waals surface area contributed by atoms with Crippen molar-refractivity contribution in [3.63, 3.8) is 0 Å². The largest absolute Gasteiger partial charge is 0.446 e. The number of hydrogen-bond donors (Lipinski definition) is 1. The van der Waals surface area contributed by atoms with Gasteiger partial charge in [0.25, 0.3) is 15.9 Å². The first-order valence-electron chi connectivity index (χ1n) is 9.40. The van der Waals surface area contributed by atoms with E-state index >= 15 is 0 Å². The Morgan fingerprint density at radius 3 is 2.59 bits per heavy atom. The number of imide groups is 1. The van der Waals surface area contributed by atoms with Crippen molar-refractivity contribution in [3.8, 4) is 0 Å². The van der Waals surface area contributed by atoms with E-state index in [1.165, 1.54) is 37.4 Å². The van der Waals surface area contributed by atoms with E-state index in [-0.39, 0.29) is 17.4 Å². The van der Waals surface area contributed by atoms with Crippen LogP contribution in [0.3, 0.4) is 0 Å². The Labute approximate surface area is 169 Å². The van der Waals surface area contributed by atoms with Crippen molar-refractivity contribution in [3.05, 3.63) is 52.8 Å². The lowest BCUT2D eigenvalue weighted by Gasteiger charge is -2.23. The number of nitrogens with one attached hydrogen (secondary N) is 1. The van der Waals surface area contributed by atoms with Crippen molar-refractivity contribution < 1.29 is 22.4 Å². The van der Waals surface area contributed by atoms with Crippen LogP contribution in [0.15, 0.2) is 39.8 Å². The second-order valence-electron chi connectivity index (χ2n) is 7.79. The second kappa shape index (κ2) is 6.70. The molecule has 2 aromatic rings. The third-order valence-electron chi connectivity index (χ3n) is 5.64. The summed E-state index contributed by atoms with van der Waals surface area (Å²) in [5.41, 5.74) is 2.08. The summed E-state index contributed by atoms with van der Waals surface area (Å²) >= 11 is 0. The van der Waals surface area contributed by atoms with Crippen LogP contribution in [0, 0.1) is 0 Å². The minimum atomic E-state index is -3.73. The van der Waals surface area contributed by atoms with Crippen LogP contribution in [-0.4, -0.2) is 43.7 Å². The number of carbonyl (C=O) groups is 2. The smallest absolute Gasteiger partial charge is 0.325 e. The van der Waals surface area contributed by atoms with Gasteiger partial charge < -0.3 is 9.73 Å². The van der Waals surface area contributed by atoms with E-state index in [1.54, 1.807) is 6.92 Å². The SMILES string of the molecule is CN(C)S(=O)(=O)c1ccc(CN2C(=O)NC(C)(c3ccc4c(c3)CCC4)C2=O)o1. The number of amides is 3. The van der Waals surface area contributed by atoms with Gasteiger partial charge in [-0.3, -0.25) is 9.69 Å². The average molecular weight is 417 g/mol. The molecule has 0 spiro atoms. The summed E-state index contributed by atoms with van der Waals surface area (Å²) in [6.45, 7) is 1.54. The van der Waals surface area contributed by atoms with Gasteiger partial charge in [-0.1, -0.05) is 18.2 Å². The Balaban J connectivity index is 1.58. The molecule has 1 saturated heterocycles. The molecular weight excluding hydrogens is 394 g/mol. The van der Waals surface area contributed by atoms with Crippen molar-refractivity contribution in [1.29, 1.82) is 0 Å². The highest BCUT2D eigenvalue weighted by molar-refractivity contribution is 7.88. The molecule has 0 radical (unpaired) electrons. The highest BCUT2D eigenvalue weighted by Crippen LogP contribution is 2.33. The zero-order valence-electron chi connectivity index (χ0n) is 16.6. The van der Waals surface area contributed by atoms with Crippen molar-refractivity contribution in [1.82, 2.24) is 14.5 Å². The highest BCUT2D eigenvalue weighted by Gasteiger charge is 2.49. The molecule has 1 fully saturated rings. The van der Waals surface area contributed by atoms with Crippen LogP contribution < -0.4 is 5.32 Å². The van der Waals surface area contributed by atoms with E-state index in [1.807, 2.05) is 18.2 Å². The summed E-state index contributed by atoms with van der Waals surface area (Å²) in [6.07, 6.45) is 3.11. The molecule has 0 bridgehead atoms. The van der Waals surface area contributed by atoms with Crippen LogP contribution in [0.4, 0.5) is 4.79 Å². The number of rotatable bonds is 5. The average Bonchev–Trinajstić information content (AvgIpc) is 3.37. The number of sulfonamides is 1. The molecule has 8 nitrogen and oxygen atoms in total. The van der Waals surface area contributed by atoms with Gasteiger partial charge in [-0.2, -0.15) is 0 Å². The van der Waals surface area contributed by atoms with Crippen molar-refractivity contribution in [2.75, 3.05) is 14.1 Å². The normalized spacial score (nSPS) is 21.7. The van der Waals surface area contributed by atoms with E-state index in [0.717, 1.165) is 34.0 Å². The van der Waals surface area contributed by atoms with Gasteiger partial charge in [-0.15, -0.1) is 0 Å². The van der Waals surface area contributed by atoms with Crippen molar-refractivity contribution in [2.45, 2.75) is 43.4 Å². The minimum absolute atomic E-state index is 0.145. The van der Waals surface area contributed by atoms with Crippen LogP contribution in [-0.2, 0) is 39.7 Å². The maximum atomic E-state index is 13.1. The number of furan rings is 1. The third kappa shape index (κ3) is 3.14. The predicted molar refractivity (Wildman–Crippen MR) is 104 cm³/mol. The molecule has 2 aliphatic rings. The monoisotopic (exact) mass is 417 g/mol. The summed E-state index contributed by atoms with van der Waals surface area (Å²) < 4.78 is 30.8. The van der Waals surface area contributed by atoms with Gasteiger partial charge in [0.2, 0.25) is 5.09 Å². The Hall–Kier alpha value is -2.65. The van der Waals surface area contributed by atoms with E-state index in [9.17, 15) is 18.0 Å². The van der Waals surface area contributed by atoms with Gasteiger partial charge in [0.15, 0.2) is 0 Å². The van der Waals surface area contributed by atoms with Gasteiger partial charge >= 0.3 is 6.03 Å². The third-order valence-corrected chi connectivity index (χ3v) is 7.33. The van der Waals surface area contributed by atoms with Crippen LogP contribution in [0.25, 0.3) is 0 Å².